The molecular weight excluding hydrogens is 363 g/mol. The fraction of sp³-hybridized carbons (Fsp3) is 0.579. The SMILES string of the molecule is O=C(N[C@@H](CC1CCCCC1)C(=O)OCC(F)(F)F)OCc1ccccc1. The van der Waals surface area contributed by atoms with Crippen LogP contribution in [0.4, 0.5) is 18.0 Å². The van der Waals surface area contributed by atoms with E-state index in [1.54, 1.807) is 24.3 Å². The Morgan fingerprint density at radius 3 is 2.37 bits per heavy atom. The molecule has 27 heavy (non-hydrogen) atoms. The zero-order chi connectivity index (χ0) is 19.7. The van der Waals surface area contributed by atoms with Crippen molar-refractivity contribution in [3.05, 3.63) is 35.9 Å². The summed E-state index contributed by atoms with van der Waals surface area (Å²) in [4.78, 5) is 24.1. The molecule has 5 nitrogen and oxygen atoms in total. The van der Waals surface area contributed by atoms with Crippen molar-refractivity contribution in [3.63, 3.8) is 0 Å². The van der Waals surface area contributed by atoms with Crippen LogP contribution in [0.2, 0.25) is 0 Å². The van der Waals surface area contributed by atoms with Gasteiger partial charge in [0.1, 0.15) is 12.6 Å². The third kappa shape index (κ3) is 8.32. The Hall–Kier alpha value is -2.25. The summed E-state index contributed by atoms with van der Waals surface area (Å²) in [5.74, 6) is -0.925. The van der Waals surface area contributed by atoms with E-state index in [-0.39, 0.29) is 18.9 Å². The van der Waals surface area contributed by atoms with E-state index in [0.29, 0.717) is 0 Å². The van der Waals surface area contributed by atoms with Crippen LogP contribution in [0.25, 0.3) is 0 Å². The van der Waals surface area contributed by atoms with E-state index in [0.717, 1.165) is 37.7 Å². The van der Waals surface area contributed by atoms with Gasteiger partial charge in [-0.3, -0.25) is 0 Å². The molecule has 1 N–H and O–H groups in total. The number of hydrogen-bond acceptors (Lipinski definition) is 4. The second-order valence-corrected chi connectivity index (χ2v) is 6.72. The molecule has 0 saturated heterocycles. The maximum Gasteiger partial charge on any atom is 0.422 e. The highest BCUT2D eigenvalue weighted by Crippen LogP contribution is 2.28. The largest absolute Gasteiger partial charge is 0.455 e. The Morgan fingerprint density at radius 1 is 1.07 bits per heavy atom. The van der Waals surface area contributed by atoms with Crippen molar-refractivity contribution in [1.82, 2.24) is 5.32 Å². The number of nitrogens with one attached hydrogen (secondary N) is 1. The highest BCUT2D eigenvalue weighted by Gasteiger charge is 2.33. The number of benzene rings is 1. The molecule has 1 amide bonds. The van der Waals surface area contributed by atoms with Crippen molar-refractivity contribution in [2.75, 3.05) is 6.61 Å². The average molecular weight is 387 g/mol. The second-order valence-electron chi connectivity index (χ2n) is 6.72. The predicted octanol–water partition coefficient (Wildman–Crippen LogP) is 4.36. The monoisotopic (exact) mass is 387 g/mol. The molecule has 0 unspecified atom stereocenters. The second kappa shape index (κ2) is 10.2. The summed E-state index contributed by atoms with van der Waals surface area (Å²) in [6.07, 6.45) is -0.347. The first kappa shape index (κ1) is 21.1. The van der Waals surface area contributed by atoms with Crippen LogP contribution in [0.1, 0.15) is 44.1 Å². The Bertz CT molecular complexity index is 601. The first-order chi connectivity index (χ1) is 12.8. The fourth-order valence-electron chi connectivity index (χ4n) is 3.13. The summed E-state index contributed by atoms with van der Waals surface area (Å²) < 4.78 is 46.4. The lowest BCUT2D eigenvalue weighted by Crippen LogP contribution is -2.44. The summed E-state index contributed by atoms with van der Waals surface area (Å²) in [5, 5.41) is 2.37. The number of alkyl halides is 3. The highest BCUT2D eigenvalue weighted by molar-refractivity contribution is 5.81. The van der Waals surface area contributed by atoms with Gasteiger partial charge in [0.25, 0.3) is 0 Å². The molecular formula is C19H24F3NO4. The van der Waals surface area contributed by atoms with Crippen molar-refractivity contribution in [1.29, 1.82) is 0 Å². The van der Waals surface area contributed by atoms with Crippen molar-refractivity contribution in [2.24, 2.45) is 5.92 Å². The Kier molecular flexibility index (Phi) is 7.94. The number of alkyl carbamates (subject to hydrolysis) is 1. The zero-order valence-corrected chi connectivity index (χ0v) is 15.0. The lowest BCUT2D eigenvalue weighted by Gasteiger charge is -2.26. The maximum atomic E-state index is 12.3. The molecule has 0 bridgehead atoms. The molecule has 1 aliphatic rings. The van der Waals surface area contributed by atoms with Gasteiger partial charge in [0, 0.05) is 0 Å². The van der Waals surface area contributed by atoms with Gasteiger partial charge >= 0.3 is 18.2 Å². The molecule has 1 atom stereocenters. The number of carbonyl (C=O) groups is 2. The zero-order valence-electron chi connectivity index (χ0n) is 15.0. The Balaban J connectivity index is 1.90. The molecule has 150 valence electrons. The van der Waals surface area contributed by atoms with Crippen molar-refractivity contribution < 1.29 is 32.2 Å². The topological polar surface area (TPSA) is 64.6 Å². The van der Waals surface area contributed by atoms with Crippen molar-refractivity contribution >= 4 is 12.1 Å². The van der Waals surface area contributed by atoms with Crippen LogP contribution in [0.3, 0.4) is 0 Å². The van der Waals surface area contributed by atoms with E-state index in [4.69, 9.17) is 4.74 Å². The van der Waals surface area contributed by atoms with E-state index in [1.807, 2.05) is 6.07 Å². The Morgan fingerprint density at radius 2 is 1.74 bits per heavy atom. The van der Waals surface area contributed by atoms with Crippen LogP contribution in [0.15, 0.2) is 30.3 Å². The maximum absolute atomic E-state index is 12.3. The smallest absolute Gasteiger partial charge is 0.422 e. The van der Waals surface area contributed by atoms with Gasteiger partial charge in [-0.25, -0.2) is 9.59 Å². The molecule has 0 aromatic heterocycles. The molecule has 1 aromatic carbocycles. The van der Waals surface area contributed by atoms with E-state index in [2.05, 4.69) is 10.1 Å². The summed E-state index contributed by atoms with van der Waals surface area (Å²) in [6, 6.07) is 7.78. The molecule has 0 radical (unpaired) electrons. The van der Waals surface area contributed by atoms with Gasteiger partial charge < -0.3 is 14.8 Å². The number of carbonyl (C=O) groups excluding carboxylic acids is 2. The van der Waals surface area contributed by atoms with Crippen molar-refractivity contribution in [2.45, 2.75) is 57.3 Å². The molecule has 1 fully saturated rings. The molecule has 2 rings (SSSR count). The summed E-state index contributed by atoms with van der Waals surface area (Å²) in [6.45, 7) is -1.67. The van der Waals surface area contributed by atoms with Gasteiger partial charge in [0.05, 0.1) is 0 Å². The van der Waals surface area contributed by atoms with Crippen LogP contribution in [0, 0.1) is 5.92 Å². The summed E-state index contributed by atoms with van der Waals surface area (Å²) >= 11 is 0. The summed E-state index contributed by atoms with van der Waals surface area (Å²) in [7, 11) is 0. The number of ether oxygens (including phenoxy) is 2. The van der Waals surface area contributed by atoms with Gasteiger partial charge in [-0.1, -0.05) is 62.4 Å². The molecule has 0 spiro atoms. The van der Waals surface area contributed by atoms with Crippen LogP contribution < -0.4 is 5.32 Å². The first-order valence-corrected chi connectivity index (χ1v) is 9.04. The highest BCUT2D eigenvalue weighted by atomic mass is 19.4. The Labute approximate surface area is 156 Å². The lowest BCUT2D eigenvalue weighted by atomic mass is 9.85. The number of esters is 1. The average Bonchev–Trinajstić information content (AvgIpc) is 2.65. The quantitative estimate of drug-likeness (QED) is 0.706. The van der Waals surface area contributed by atoms with Gasteiger partial charge in [0.2, 0.25) is 0 Å². The minimum absolute atomic E-state index is 0.000417. The minimum atomic E-state index is -4.61. The predicted molar refractivity (Wildman–Crippen MR) is 91.8 cm³/mol. The van der Waals surface area contributed by atoms with E-state index < -0.39 is 30.9 Å². The molecule has 0 heterocycles. The number of rotatable bonds is 7. The minimum Gasteiger partial charge on any atom is -0.455 e. The standard InChI is InChI=1S/C19H24F3NO4/c20-19(21,22)13-27-17(24)16(11-14-7-3-1-4-8-14)23-18(25)26-12-15-9-5-2-6-10-15/h2,5-6,9-10,14,16H,1,3-4,7-8,11-13H2,(H,23,25)/t16-/m0/s1. The fourth-order valence-corrected chi connectivity index (χ4v) is 3.13. The van der Waals surface area contributed by atoms with Gasteiger partial charge in [-0.2, -0.15) is 13.2 Å². The summed E-state index contributed by atoms with van der Waals surface area (Å²) in [5.41, 5.74) is 0.760. The van der Waals surface area contributed by atoms with Crippen LogP contribution in [0.5, 0.6) is 0 Å². The van der Waals surface area contributed by atoms with Crippen LogP contribution in [-0.2, 0) is 20.9 Å². The van der Waals surface area contributed by atoms with Gasteiger partial charge in [0.15, 0.2) is 6.61 Å². The number of hydrogen-bond donors (Lipinski definition) is 1. The molecule has 1 saturated carbocycles. The molecule has 0 aliphatic heterocycles. The van der Waals surface area contributed by atoms with Crippen molar-refractivity contribution in [3.8, 4) is 0 Å². The van der Waals surface area contributed by atoms with Gasteiger partial charge in [-0.05, 0) is 17.9 Å². The molecule has 1 aliphatic carbocycles. The first-order valence-electron chi connectivity index (χ1n) is 9.04. The van der Waals surface area contributed by atoms with Crippen LogP contribution in [-0.4, -0.2) is 30.9 Å². The number of halogens is 3. The van der Waals surface area contributed by atoms with Crippen LogP contribution >= 0.6 is 0 Å². The lowest BCUT2D eigenvalue weighted by molar-refractivity contribution is -0.187. The molecule has 8 heteroatoms. The van der Waals surface area contributed by atoms with Gasteiger partial charge in [-0.15, -0.1) is 0 Å². The van der Waals surface area contributed by atoms with E-state index >= 15 is 0 Å². The van der Waals surface area contributed by atoms with E-state index in [9.17, 15) is 22.8 Å². The third-order valence-electron chi connectivity index (χ3n) is 4.46. The molecule has 1 aromatic rings. The normalized spacial score (nSPS) is 16.4. The number of amides is 1. The van der Waals surface area contributed by atoms with E-state index in [1.165, 1.54) is 0 Å². The third-order valence-corrected chi connectivity index (χ3v) is 4.46.